The van der Waals surface area contributed by atoms with Crippen molar-refractivity contribution in [1.29, 1.82) is 0 Å². The Morgan fingerprint density at radius 1 is 1.44 bits per heavy atom. The first kappa shape index (κ1) is 11.6. The van der Waals surface area contributed by atoms with Gasteiger partial charge in [0.2, 0.25) is 5.28 Å². The molecule has 1 saturated carbocycles. The Hall–Kier alpha value is -0.830. The maximum atomic E-state index is 5.82. The average Bonchev–Trinajstić information content (AvgIpc) is 2.94. The summed E-state index contributed by atoms with van der Waals surface area (Å²) in [6.45, 7) is 7.48. The molecule has 1 N–H and O–H groups in total. The highest BCUT2D eigenvalue weighted by Gasteiger charge is 2.44. The van der Waals surface area contributed by atoms with Crippen molar-refractivity contribution < 1.29 is 0 Å². The minimum absolute atomic E-state index is 0.317. The lowest BCUT2D eigenvalue weighted by atomic mass is 9.92. The molecule has 0 aromatic carbocycles. The quantitative estimate of drug-likeness (QED) is 0.820. The third kappa shape index (κ3) is 2.46. The molecule has 0 aliphatic heterocycles. The highest BCUT2D eigenvalue weighted by molar-refractivity contribution is 6.28. The molecular formula is C12H18ClN3. The molecular weight excluding hydrogens is 222 g/mol. The topological polar surface area (TPSA) is 37.8 Å². The third-order valence-corrected chi connectivity index (χ3v) is 3.73. The Morgan fingerprint density at radius 2 is 2.12 bits per heavy atom. The van der Waals surface area contributed by atoms with Crippen molar-refractivity contribution in [3.05, 3.63) is 17.0 Å². The fourth-order valence-electron chi connectivity index (χ4n) is 2.01. The van der Waals surface area contributed by atoms with Crippen molar-refractivity contribution in [2.24, 2.45) is 11.3 Å². The van der Waals surface area contributed by atoms with Gasteiger partial charge in [0.25, 0.3) is 0 Å². The molecule has 0 unspecified atom stereocenters. The zero-order valence-electron chi connectivity index (χ0n) is 10.0. The average molecular weight is 240 g/mol. The smallest absolute Gasteiger partial charge is 0.224 e. The van der Waals surface area contributed by atoms with Crippen molar-refractivity contribution >= 4 is 17.4 Å². The highest BCUT2D eigenvalue weighted by atomic mass is 35.5. The first-order valence-corrected chi connectivity index (χ1v) is 6.15. The molecule has 1 heterocycles. The molecule has 0 saturated heterocycles. The summed E-state index contributed by atoms with van der Waals surface area (Å²) in [5, 5.41) is 3.69. The van der Waals surface area contributed by atoms with Gasteiger partial charge in [-0.15, -0.1) is 0 Å². The molecule has 1 aromatic heterocycles. The summed E-state index contributed by atoms with van der Waals surface area (Å²) >= 11 is 5.82. The van der Waals surface area contributed by atoms with Gasteiger partial charge in [0.1, 0.15) is 5.82 Å². The standard InChI is InChI=1S/C12H18ClN3/c1-8(2)12(4-5-12)7-14-10-6-9(3)15-11(13)16-10/h6,8H,4-5,7H2,1-3H3,(H,14,15,16). The van der Waals surface area contributed by atoms with Crippen LogP contribution >= 0.6 is 11.6 Å². The molecule has 88 valence electrons. The van der Waals surface area contributed by atoms with Crippen LogP contribution in [0.1, 0.15) is 32.4 Å². The Morgan fingerprint density at radius 3 is 2.62 bits per heavy atom. The summed E-state index contributed by atoms with van der Waals surface area (Å²) in [7, 11) is 0. The number of hydrogen-bond donors (Lipinski definition) is 1. The number of nitrogens with zero attached hydrogens (tertiary/aromatic N) is 2. The molecule has 1 aromatic rings. The van der Waals surface area contributed by atoms with Gasteiger partial charge in [-0.2, -0.15) is 0 Å². The maximum Gasteiger partial charge on any atom is 0.224 e. The second-order valence-electron chi connectivity index (χ2n) is 5.03. The summed E-state index contributed by atoms with van der Waals surface area (Å²) in [6, 6.07) is 1.93. The fraction of sp³-hybridized carbons (Fsp3) is 0.667. The minimum atomic E-state index is 0.317. The second-order valence-corrected chi connectivity index (χ2v) is 5.37. The van der Waals surface area contributed by atoms with Crippen molar-refractivity contribution in [2.75, 3.05) is 11.9 Å². The van der Waals surface area contributed by atoms with E-state index in [-0.39, 0.29) is 0 Å². The molecule has 4 heteroatoms. The van der Waals surface area contributed by atoms with Crippen LogP contribution in [0.2, 0.25) is 5.28 Å². The van der Waals surface area contributed by atoms with Crippen LogP contribution in [0.4, 0.5) is 5.82 Å². The number of anilines is 1. The highest BCUT2D eigenvalue weighted by Crippen LogP contribution is 2.51. The van der Waals surface area contributed by atoms with Crippen LogP contribution in [0.25, 0.3) is 0 Å². The second kappa shape index (κ2) is 4.21. The van der Waals surface area contributed by atoms with E-state index in [0.29, 0.717) is 10.7 Å². The van der Waals surface area contributed by atoms with E-state index in [4.69, 9.17) is 11.6 Å². The zero-order valence-corrected chi connectivity index (χ0v) is 10.8. The third-order valence-electron chi connectivity index (χ3n) is 3.57. The molecule has 2 rings (SSSR count). The lowest BCUT2D eigenvalue weighted by molar-refractivity contribution is 0.380. The molecule has 0 amide bonds. The Balaban J connectivity index is 2.00. The lowest BCUT2D eigenvalue weighted by Crippen LogP contribution is -2.21. The predicted molar refractivity (Wildman–Crippen MR) is 66.8 cm³/mol. The molecule has 16 heavy (non-hydrogen) atoms. The molecule has 3 nitrogen and oxygen atoms in total. The maximum absolute atomic E-state index is 5.82. The van der Waals surface area contributed by atoms with Crippen LogP contribution in [0, 0.1) is 18.3 Å². The van der Waals surface area contributed by atoms with Gasteiger partial charge in [-0.1, -0.05) is 13.8 Å². The van der Waals surface area contributed by atoms with E-state index >= 15 is 0 Å². The first-order valence-electron chi connectivity index (χ1n) is 5.77. The first-order chi connectivity index (χ1) is 7.52. The van der Waals surface area contributed by atoms with Gasteiger partial charge in [0.15, 0.2) is 0 Å². The largest absolute Gasteiger partial charge is 0.369 e. The number of rotatable bonds is 4. The molecule has 0 atom stereocenters. The summed E-state index contributed by atoms with van der Waals surface area (Å²) in [5.74, 6) is 1.56. The number of aryl methyl sites for hydroxylation is 1. The van der Waals surface area contributed by atoms with Crippen LogP contribution in [0.5, 0.6) is 0 Å². The number of halogens is 1. The van der Waals surface area contributed by atoms with E-state index in [1.807, 2.05) is 13.0 Å². The number of nitrogens with one attached hydrogen (secondary N) is 1. The van der Waals surface area contributed by atoms with Crippen molar-refractivity contribution in [3.8, 4) is 0 Å². The SMILES string of the molecule is Cc1cc(NCC2(C(C)C)CC2)nc(Cl)n1. The molecule has 0 radical (unpaired) electrons. The lowest BCUT2D eigenvalue weighted by Gasteiger charge is -2.20. The van der Waals surface area contributed by atoms with E-state index in [1.54, 1.807) is 0 Å². The minimum Gasteiger partial charge on any atom is -0.369 e. The van der Waals surface area contributed by atoms with Crippen LogP contribution in [0.15, 0.2) is 6.07 Å². The van der Waals surface area contributed by atoms with Gasteiger partial charge in [-0.3, -0.25) is 0 Å². The van der Waals surface area contributed by atoms with E-state index in [1.165, 1.54) is 12.8 Å². The summed E-state index contributed by atoms with van der Waals surface area (Å²) in [4.78, 5) is 8.21. The van der Waals surface area contributed by atoms with Crippen molar-refractivity contribution in [3.63, 3.8) is 0 Å². The fourth-order valence-corrected chi connectivity index (χ4v) is 2.23. The number of aromatic nitrogens is 2. The monoisotopic (exact) mass is 239 g/mol. The van der Waals surface area contributed by atoms with Crippen LogP contribution in [0.3, 0.4) is 0 Å². The summed E-state index contributed by atoms with van der Waals surface area (Å²) in [6.07, 6.45) is 2.63. The van der Waals surface area contributed by atoms with E-state index in [9.17, 15) is 0 Å². The molecule has 1 aliphatic rings. The summed E-state index contributed by atoms with van der Waals surface area (Å²) in [5.41, 5.74) is 1.38. The normalized spacial score (nSPS) is 17.6. The Bertz CT molecular complexity index is 366. The van der Waals surface area contributed by atoms with Gasteiger partial charge in [0.05, 0.1) is 0 Å². The molecule has 0 spiro atoms. The van der Waals surface area contributed by atoms with Crippen LogP contribution < -0.4 is 5.32 Å². The van der Waals surface area contributed by atoms with Crippen molar-refractivity contribution in [2.45, 2.75) is 33.6 Å². The molecule has 1 fully saturated rings. The van der Waals surface area contributed by atoms with Crippen LogP contribution in [-0.2, 0) is 0 Å². The molecule has 0 bridgehead atoms. The van der Waals surface area contributed by atoms with E-state index < -0.39 is 0 Å². The predicted octanol–water partition coefficient (Wildman–Crippen LogP) is 3.29. The van der Waals surface area contributed by atoms with E-state index in [2.05, 4.69) is 29.1 Å². The van der Waals surface area contributed by atoms with Crippen LogP contribution in [-0.4, -0.2) is 16.5 Å². The molecule has 1 aliphatic carbocycles. The van der Waals surface area contributed by atoms with Gasteiger partial charge in [-0.25, -0.2) is 9.97 Å². The number of hydrogen-bond acceptors (Lipinski definition) is 3. The summed E-state index contributed by atoms with van der Waals surface area (Å²) < 4.78 is 0. The van der Waals surface area contributed by atoms with Gasteiger partial charge in [0, 0.05) is 18.3 Å². The van der Waals surface area contributed by atoms with Crippen molar-refractivity contribution in [1.82, 2.24) is 9.97 Å². The Kier molecular flexibility index (Phi) is 3.06. The Labute approximate surface area is 102 Å². The van der Waals surface area contributed by atoms with Gasteiger partial charge >= 0.3 is 0 Å². The van der Waals surface area contributed by atoms with Gasteiger partial charge < -0.3 is 5.32 Å². The van der Waals surface area contributed by atoms with Gasteiger partial charge in [-0.05, 0) is 42.7 Å². The van der Waals surface area contributed by atoms with E-state index in [0.717, 1.165) is 24.0 Å². The zero-order chi connectivity index (χ0) is 11.8.